The second-order valence-corrected chi connectivity index (χ2v) is 4.78. The lowest BCUT2D eigenvalue weighted by Gasteiger charge is -2.05. The Hall–Kier alpha value is -1.03. The summed E-state index contributed by atoms with van der Waals surface area (Å²) in [5.41, 5.74) is 0.297. The smallest absolute Gasteiger partial charge is 0.338 e. The molecule has 82 valence electrons. The molecule has 0 unspecified atom stereocenters. The van der Waals surface area contributed by atoms with Gasteiger partial charge >= 0.3 is 5.97 Å². The van der Waals surface area contributed by atoms with Crippen LogP contribution in [0.25, 0.3) is 0 Å². The summed E-state index contributed by atoms with van der Waals surface area (Å²) in [4.78, 5) is 14.9. The summed E-state index contributed by atoms with van der Waals surface area (Å²) in [5.74, 6) is 0.638. The van der Waals surface area contributed by atoms with E-state index < -0.39 is 5.97 Å². The number of rotatable bonds is 5. The van der Waals surface area contributed by atoms with Crippen LogP contribution in [-0.2, 0) is 0 Å². The number of hydrogen-bond donors (Lipinski definition) is 1. The first kappa shape index (κ1) is 12.0. The molecule has 0 bridgehead atoms. The summed E-state index contributed by atoms with van der Waals surface area (Å²) in [6, 6.07) is 3.24. The Balaban J connectivity index is 2.63. The molecule has 1 aromatic rings. The monoisotopic (exact) mass is 225 g/mol. The van der Waals surface area contributed by atoms with Crippen molar-refractivity contribution in [2.45, 2.75) is 25.3 Å². The molecule has 0 saturated heterocycles. The van der Waals surface area contributed by atoms with Gasteiger partial charge in [0.2, 0.25) is 0 Å². The number of carboxylic acids is 1. The predicted molar refractivity (Wildman–Crippen MR) is 61.4 cm³/mol. The van der Waals surface area contributed by atoms with E-state index in [1.54, 1.807) is 18.3 Å². The van der Waals surface area contributed by atoms with Gasteiger partial charge in [-0.05, 0) is 30.2 Å². The van der Waals surface area contributed by atoms with Gasteiger partial charge in [-0.15, -0.1) is 11.8 Å². The molecule has 1 rings (SSSR count). The first-order valence-corrected chi connectivity index (χ1v) is 5.91. The molecule has 0 radical (unpaired) electrons. The van der Waals surface area contributed by atoms with Crippen molar-refractivity contribution in [3.63, 3.8) is 0 Å². The lowest BCUT2D eigenvalue weighted by Crippen LogP contribution is -2.01. The number of aromatic nitrogens is 1. The largest absolute Gasteiger partial charge is 0.478 e. The van der Waals surface area contributed by atoms with Crippen LogP contribution in [-0.4, -0.2) is 21.8 Å². The van der Waals surface area contributed by atoms with Crippen LogP contribution in [0, 0.1) is 5.92 Å². The molecule has 0 aliphatic rings. The minimum atomic E-state index is -0.907. The molecular formula is C11H15NO2S. The Labute approximate surface area is 93.9 Å². The van der Waals surface area contributed by atoms with Crippen molar-refractivity contribution in [3.05, 3.63) is 23.9 Å². The molecular weight excluding hydrogens is 210 g/mol. The Morgan fingerprint density at radius 2 is 2.33 bits per heavy atom. The van der Waals surface area contributed by atoms with Crippen LogP contribution >= 0.6 is 11.8 Å². The van der Waals surface area contributed by atoms with Crippen LogP contribution in [0.5, 0.6) is 0 Å². The highest BCUT2D eigenvalue weighted by molar-refractivity contribution is 7.99. The molecule has 1 heterocycles. The Morgan fingerprint density at radius 1 is 1.60 bits per heavy atom. The van der Waals surface area contributed by atoms with Crippen molar-refractivity contribution in [1.29, 1.82) is 0 Å². The Kier molecular flexibility index (Phi) is 4.62. The zero-order chi connectivity index (χ0) is 11.3. The third-order valence-corrected chi connectivity index (χ3v) is 2.97. The molecule has 0 aliphatic heterocycles. The summed E-state index contributed by atoms with van der Waals surface area (Å²) in [5, 5.41) is 9.54. The van der Waals surface area contributed by atoms with Crippen LogP contribution in [0.2, 0.25) is 0 Å². The first-order valence-electron chi connectivity index (χ1n) is 4.92. The molecule has 0 saturated carbocycles. The van der Waals surface area contributed by atoms with Crippen LogP contribution in [0.15, 0.2) is 23.4 Å². The van der Waals surface area contributed by atoms with Gasteiger partial charge in [-0.2, -0.15) is 0 Å². The molecule has 3 nitrogen and oxygen atoms in total. The number of carbonyl (C=O) groups is 1. The van der Waals surface area contributed by atoms with Gasteiger partial charge in [-0.25, -0.2) is 9.78 Å². The third kappa shape index (κ3) is 3.91. The molecule has 4 heteroatoms. The maximum atomic E-state index is 10.9. The molecule has 0 atom stereocenters. The summed E-state index contributed by atoms with van der Waals surface area (Å²) < 4.78 is 0. The van der Waals surface area contributed by atoms with Gasteiger partial charge in [0.1, 0.15) is 5.03 Å². The van der Waals surface area contributed by atoms with Crippen molar-refractivity contribution >= 4 is 17.7 Å². The van der Waals surface area contributed by atoms with Gasteiger partial charge in [-0.3, -0.25) is 0 Å². The van der Waals surface area contributed by atoms with Crippen molar-refractivity contribution in [3.8, 4) is 0 Å². The molecule has 1 aromatic heterocycles. The minimum absolute atomic E-state index is 0.297. The quantitative estimate of drug-likeness (QED) is 0.783. The standard InChI is InChI=1S/C11H15NO2S/c1-8(2)5-7-15-10-9(11(13)14)4-3-6-12-10/h3-4,6,8H,5,7H2,1-2H3,(H,13,14). The number of hydrogen-bond acceptors (Lipinski definition) is 3. The van der Waals surface area contributed by atoms with Gasteiger partial charge in [0, 0.05) is 6.20 Å². The molecule has 0 aliphatic carbocycles. The second kappa shape index (κ2) is 5.75. The highest BCUT2D eigenvalue weighted by Gasteiger charge is 2.10. The van der Waals surface area contributed by atoms with Crippen LogP contribution < -0.4 is 0 Å². The highest BCUT2D eigenvalue weighted by atomic mass is 32.2. The molecule has 15 heavy (non-hydrogen) atoms. The first-order chi connectivity index (χ1) is 7.11. The van der Waals surface area contributed by atoms with E-state index in [0.29, 0.717) is 16.5 Å². The van der Waals surface area contributed by atoms with Crippen molar-refractivity contribution < 1.29 is 9.90 Å². The van der Waals surface area contributed by atoms with Crippen molar-refractivity contribution in [1.82, 2.24) is 4.98 Å². The SMILES string of the molecule is CC(C)CCSc1ncccc1C(=O)O. The number of pyridine rings is 1. The average molecular weight is 225 g/mol. The summed E-state index contributed by atoms with van der Waals surface area (Å²) >= 11 is 1.51. The van der Waals surface area contributed by atoms with E-state index in [1.165, 1.54) is 11.8 Å². The van der Waals surface area contributed by atoms with E-state index in [-0.39, 0.29) is 0 Å². The topological polar surface area (TPSA) is 50.2 Å². The van der Waals surface area contributed by atoms with Crippen molar-refractivity contribution in [2.75, 3.05) is 5.75 Å². The zero-order valence-electron chi connectivity index (χ0n) is 8.93. The summed E-state index contributed by atoms with van der Waals surface area (Å²) in [6.45, 7) is 4.30. The number of aromatic carboxylic acids is 1. The zero-order valence-corrected chi connectivity index (χ0v) is 9.75. The third-order valence-electron chi connectivity index (χ3n) is 1.94. The molecule has 0 fully saturated rings. The van der Waals surface area contributed by atoms with E-state index in [0.717, 1.165) is 12.2 Å². The minimum Gasteiger partial charge on any atom is -0.478 e. The van der Waals surface area contributed by atoms with E-state index in [2.05, 4.69) is 18.8 Å². The number of carboxylic acid groups (broad SMARTS) is 1. The molecule has 0 amide bonds. The number of thioether (sulfide) groups is 1. The van der Waals surface area contributed by atoms with E-state index in [1.807, 2.05) is 0 Å². The fourth-order valence-electron chi connectivity index (χ4n) is 1.06. The van der Waals surface area contributed by atoms with Crippen LogP contribution in [0.4, 0.5) is 0 Å². The Bertz CT molecular complexity index is 339. The fraction of sp³-hybridized carbons (Fsp3) is 0.455. The lowest BCUT2D eigenvalue weighted by molar-refractivity contribution is 0.0692. The van der Waals surface area contributed by atoms with Gasteiger partial charge in [0.15, 0.2) is 0 Å². The molecule has 0 aromatic carbocycles. The van der Waals surface area contributed by atoms with E-state index in [9.17, 15) is 4.79 Å². The fourth-order valence-corrected chi connectivity index (χ4v) is 2.29. The van der Waals surface area contributed by atoms with E-state index >= 15 is 0 Å². The van der Waals surface area contributed by atoms with Crippen LogP contribution in [0.1, 0.15) is 30.6 Å². The van der Waals surface area contributed by atoms with Crippen molar-refractivity contribution in [2.24, 2.45) is 5.92 Å². The average Bonchev–Trinajstić information content (AvgIpc) is 2.17. The highest BCUT2D eigenvalue weighted by Crippen LogP contribution is 2.21. The van der Waals surface area contributed by atoms with Gasteiger partial charge in [-0.1, -0.05) is 13.8 Å². The maximum Gasteiger partial charge on any atom is 0.338 e. The molecule has 0 spiro atoms. The summed E-state index contributed by atoms with van der Waals surface area (Å²) in [7, 11) is 0. The van der Waals surface area contributed by atoms with Crippen LogP contribution in [0.3, 0.4) is 0 Å². The Morgan fingerprint density at radius 3 is 2.93 bits per heavy atom. The maximum absolute atomic E-state index is 10.9. The second-order valence-electron chi connectivity index (χ2n) is 3.69. The molecule has 1 N–H and O–H groups in total. The lowest BCUT2D eigenvalue weighted by atomic mass is 10.2. The van der Waals surface area contributed by atoms with Gasteiger partial charge in [0.05, 0.1) is 5.56 Å². The van der Waals surface area contributed by atoms with Gasteiger partial charge < -0.3 is 5.11 Å². The normalized spacial score (nSPS) is 10.6. The predicted octanol–water partition coefficient (Wildman–Crippen LogP) is 2.92. The number of nitrogens with zero attached hydrogens (tertiary/aromatic N) is 1. The summed E-state index contributed by atoms with van der Waals surface area (Å²) in [6.07, 6.45) is 2.70. The van der Waals surface area contributed by atoms with E-state index in [4.69, 9.17) is 5.11 Å². The van der Waals surface area contributed by atoms with Gasteiger partial charge in [0.25, 0.3) is 0 Å².